The van der Waals surface area contributed by atoms with Gasteiger partial charge in [0.25, 0.3) is 0 Å². The van der Waals surface area contributed by atoms with E-state index in [1.165, 1.54) is 11.1 Å². The molecule has 0 spiro atoms. The van der Waals surface area contributed by atoms with Gasteiger partial charge in [0.15, 0.2) is 0 Å². The van der Waals surface area contributed by atoms with Crippen LogP contribution in [0.1, 0.15) is 22.9 Å². The van der Waals surface area contributed by atoms with Crippen molar-refractivity contribution < 1.29 is 0 Å². The monoisotopic (exact) mass is 277 g/mol. The molecule has 0 aliphatic carbocycles. The zero-order chi connectivity index (χ0) is 14.3. The smallest absolute Gasteiger partial charge is 0.0490 e. The van der Waals surface area contributed by atoms with E-state index >= 15 is 0 Å². The molecule has 0 fully saturated rings. The van der Waals surface area contributed by atoms with Gasteiger partial charge in [-0.3, -0.25) is 5.10 Å². The molecule has 0 radical (unpaired) electrons. The summed E-state index contributed by atoms with van der Waals surface area (Å²) in [7, 11) is 0. The summed E-state index contributed by atoms with van der Waals surface area (Å²) >= 11 is 0. The average Bonchev–Trinajstić information content (AvgIpc) is 3.07. The molecule has 3 rings (SSSR count). The topological polar surface area (TPSA) is 40.7 Å². The molecule has 0 amide bonds. The van der Waals surface area contributed by atoms with E-state index in [1.54, 1.807) is 6.20 Å². The van der Waals surface area contributed by atoms with Crippen molar-refractivity contribution in [3.63, 3.8) is 0 Å². The third-order valence-corrected chi connectivity index (χ3v) is 3.58. The number of nitrogens with zero attached hydrogens (tertiary/aromatic N) is 1. The molecule has 1 unspecified atom stereocenters. The van der Waals surface area contributed by atoms with E-state index in [2.05, 4.69) is 76.2 Å². The Labute approximate surface area is 125 Å². The van der Waals surface area contributed by atoms with Crippen LogP contribution < -0.4 is 5.32 Å². The summed E-state index contributed by atoms with van der Waals surface area (Å²) in [6, 6.07) is 23.4. The Morgan fingerprint density at radius 2 is 1.62 bits per heavy atom. The largest absolute Gasteiger partial charge is 0.304 e. The lowest BCUT2D eigenvalue weighted by Crippen LogP contribution is -2.23. The summed E-state index contributed by atoms with van der Waals surface area (Å²) in [5.41, 5.74) is 3.74. The molecular weight excluding hydrogens is 258 g/mol. The summed E-state index contributed by atoms with van der Waals surface area (Å²) in [6.07, 6.45) is 2.75. The molecule has 1 heterocycles. The number of nitrogens with one attached hydrogen (secondary N) is 2. The molecule has 0 aliphatic rings. The van der Waals surface area contributed by atoms with E-state index in [9.17, 15) is 0 Å². The first-order chi connectivity index (χ1) is 10.4. The summed E-state index contributed by atoms with van der Waals surface area (Å²) in [5, 5.41) is 10.6. The lowest BCUT2D eigenvalue weighted by molar-refractivity contribution is 0.525. The van der Waals surface area contributed by atoms with Gasteiger partial charge in [-0.25, -0.2) is 0 Å². The normalized spacial score (nSPS) is 12.2. The summed E-state index contributed by atoms with van der Waals surface area (Å²) < 4.78 is 0. The second kappa shape index (κ2) is 6.86. The van der Waals surface area contributed by atoms with E-state index in [4.69, 9.17) is 0 Å². The van der Waals surface area contributed by atoms with Crippen molar-refractivity contribution in [3.8, 4) is 0 Å². The van der Waals surface area contributed by atoms with Crippen molar-refractivity contribution in [3.05, 3.63) is 89.7 Å². The van der Waals surface area contributed by atoms with Crippen LogP contribution in [0.25, 0.3) is 0 Å². The standard InChI is InChI=1S/C18H19N3/c1-3-7-15(8-4-1)13-18(16-9-5-2-6-10-16)19-14-17-11-12-20-21-17/h1-12,18-19H,13-14H2,(H,20,21). The number of H-pyrrole nitrogens is 1. The van der Waals surface area contributed by atoms with Crippen LogP contribution in [0.3, 0.4) is 0 Å². The van der Waals surface area contributed by atoms with Crippen LogP contribution in [0.15, 0.2) is 72.9 Å². The Bertz CT molecular complexity index is 633. The Hall–Kier alpha value is -2.39. The lowest BCUT2D eigenvalue weighted by atomic mass is 9.99. The predicted octanol–water partition coefficient (Wildman–Crippen LogP) is 3.48. The number of aromatic amines is 1. The highest BCUT2D eigenvalue weighted by molar-refractivity contribution is 5.23. The third kappa shape index (κ3) is 3.80. The fourth-order valence-corrected chi connectivity index (χ4v) is 2.46. The second-order valence-electron chi connectivity index (χ2n) is 5.12. The van der Waals surface area contributed by atoms with E-state index in [-0.39, 0.29) is 6.04 Å². The molecule has 106 valence electrons. The molecule has 3 heteroatoms. The van der Waals surface area contributed by atoms with Gasteiger partial charge in [-0.15, -0.1) is 0 Å². The van der Waals surface area contributed by atoms with Gasteiger partial charge in [-0.2, -0.15) is 5.10 Å². The van der Waals surface area contributed by atoms with Crippen LogP contribution in [0.2, 0.25) is 0 Å². The average molecular weight is 277 g/mol. The van der Waals surface area contributed by atoms with E-state index in [0.29, 0.717) is 0 Å². The van der Waals surface area contributed by atoms with Crippen molar-refractivity contribution in [2.75, 3.05) is 0 Å². The van der Waals surface area contributed by atoms with Crippen LogP contribution in [-0.4, -0.2) is 10.2 Å². The quantitative estimate of drug-likeness (QED) is 0.724. The van der Waals surface area contributed by atoms with E-state index in [1.807, 2.05) is 6.07 Å². The maximum atomic E-state index is 3.99. The van der Waals surface area contributed by atoms with Gasteiger partial charge in [0.2, 0.25) is 0 Å². The van der Waals surface area contributed by atoms with E-state index in [0.717, 1.165) is 18.7 Å². The second-order valence-corrected chi connectivity index (χ2v) is 5.12. The minimum Gasteiger partial charge on any atom is -0.304 e. The molecule has 3 aromatic rings. The first-order valence-electron chi connectivity index (χ1n) is 7.22. The number of aromatic nitrogens is 2. The summed E-state index contributed by atoms with van der Waals surface area (Å²) in [5.74, 6) is 0. The maximum Gasteiger partial charge on any atom is 0.0490 e. The fraction of sp³-hybridized carbons (Fsp3) is 0.167. The predicted molar refractivity (Wildman–Crippen MR) is 84.8 cm³/mol. The molecule has 2 aromatic carbocycles. The Morgan fingerprint density at radius 3 is 2.29 bits per heavy atom. The maximum absolute atomic E-state index is 3.99. The molecule has 0 bridgehead atoms. The van der Waals surface area contributed by atoms with Crippen molar-refractivity contribution in [1.82, 2.24) is 15.5 Å². The molecule has 1 aromatic heterocycles. The minimum absolute atomic E-state index is 0.289. The third-order valence-electron chi connectivity index (χ3n) is 3.58. The fourth-order valence-electron chi connectivity index (χ4n) is 2.46. The number of hydrogen-bond acceptors (Lipinski definition) is 2. The first-order valence-corrected chi connectivity index (χ1v) is 7.22. The SMILES string of the molecule is c1ccc(CC(NCc2ccn[nH]2)c2ccccc2)cc1. The molecule has 1 atom stereocenters. The van der Waals surface area contributed by atoms with Crippen molar-refractivity contribution in [2.45, 2.75) is 19.0 Å². The highest BCUT2D eigenvalue weighted by Gasteiger charge is 2.11. The van der Waals surface area contributed by atoms with Gasteiger partial charge in [0.05, 0.1) is 0 Å². The number of benzene rings is 2. The molecule has 0 saturated carbocycles. The van der Waals surface area contributed by atoms with Crippen molar-refractivity contribution in [2.24, 2.45) is 0 Å². The summed E-state index contributed by atoms with van der Waals surface area (Å²) in [6.45, 7) is 0.784. The Morgan fingerprint density at radius 1 is 0.905 bits per heavy atom. The first kappa shape index (κ1) is 13.6. The highest BCUT2D eigenvalue weighted by atomic mass is 15.1. The van der Waals surface area contributed by atoms with Crippen molar-refractivity contribution >= 4 is 0 Å². The molecule has 21 heavy (non-hydrogen) atoms. The zero-order valence-electron chi connectivity index (χ0n) is 11.9. The van der Waals surface area contributed by atoms with Crippen LogP contribution in [0.5, 0.6) is 0 Å². The number of rotatable bonds is 6. The Balaban J connectivity index is 1.74. The molecule has 0 aliphatic heterocycles. The number of hydrogen-bond donors (Lipinski definition) is 2. The molecule has 0 saturated heterocycles. The van der Waals surface area contributed by atoms with Crippen LogP contribution in [0, 0.1) is 0 Å². The molecule has 3 nitrogen and oxygen atoms in total. The highest BCUT2D eigenvalue weighted by Crippen LogP contribution is 2.18. The van der Waals surface area contributed by atoms with Gasteiger partial charge in [0, 0.05) is 24.5 Å². The summed E-state index contributed by atoms with van der Waals surface area (Å²) in [4.78, 5) is 0. The van der Waals surface area contributed by atoms with Gasteiger partial charge < -0.3 is 5.32 Å². The van der Waals surface area contributed by atoms with Crippen molar-refractivity contribution in [1.29, 1.82) is 0 Å². The van der Waals surface area contributed by atoms with Gasteiger partial charge in [-0.05, 0) is 23.6 Å². The van der Waals surface area contributed by atoms with Gasteiger partial charge >= 0.3 is 0 Å². The van der Waals surface area contributed by atoms with Gasteiger partial charge in [0.1, 0.15) is 0 Å². The van der Waals surface area contributed by atoms with Gasteiger partial charge in [-0.1, -0.05) is 60.7 Å². The minimum atomic E-state index is 0.289. The van der Waals surface area contributed by atoms with E-state index < -0.39 is 0 Å². The molecular formula is C18H19N3. The van der Waals surface area contributed by atoms with Crippen LogP contribution >= 0.6 is 0 Å². The van der Waals surface area contributed by atoms with Crippen LogP contribution in [-0.2, 0) is 13.0 Å². The zero-order valence-corrected chi connectivity index (χ0v) is 11.9. The Kier molecular flexibility index (Phi) is 4.44. The molecule has 2 N–H and O–H groups in total. The van der Waals surface area contributed by atoms with Crippen LogP contribution in [0.4, 0.5) is 0 Å². The lowest BCUT2D eigenvalue weighted by Gasteiger charge is -2.19.